The molecule has 24 heavy (non-hydrogen) atoms. The molecule has 0 atom stereocenters. The van der Waals surface area contributed by atoms with Gasteiger partial charge in [0.05, 0.1) is 11.6 Å². The fraction of sp³-hybridized carbons (Fsp3) is 0.444. The molecule has 1 saturated heterocycles. The molecule has 2 N–H and O–H groups in total. The van der Waals surface area contributed by atoms with Gasteiger partial charge in [0.1, 0.15) is 12.4 Å². The summed E-state index contributed by atoms with van der Waals surface area (Å²) in [5, 5.41) is 9.34. The average molecular weight is 345 g/mol. The third kappa shape index (κ3) is 5.04. The van der Waals surface area contributed by atoms with Crippen molar-refractivity contribution < 1.29 is 9.53 Å². The van der Waals surface area contributed by atoms with Crippen LogP contribution in [0.15, 0.2) is 35.8 Å². The van der Waals surface area contributed by atoms with Crippen LogP contribution in [0.5, 0.6) is 5.75 Å². The Morgan fingerprint density at radius 1 is 1.29 bits per heavy atom. The van der Waals surface area contributed by atoms with E-state index >= 15 is 0 Å². The van der Waals surface area contributed by atoms with Gasteiger partial charge in [-0.15, -0.1) is 11.3 Å². The predicted octanol–water partition coefficient (Wildman–Crippen LogP) is 2.23. The molecule has 3 rings (SSSR count). The molecule has 1 fully saturated rings. The lowest BCUT2D eigenvalue weighted by atomic mass is 9.97. The van der Waals surface area contributed by atoms with Gasteiger partial charge in [-0.2, -0.15) is 0 Å². The van der Waals surface area contributed by atoms with Crippen molar-refractivity contribution in [3.05, 3.63) is 46.4 Å². The molecule has 0 radical (unpaired) electrons. The number of hydrogen-bond acceptors (Lipinski definition) is 5. The monoisotopic (exact) mass is 345 g/mol. The number of carbonyl (C=O) groups excluding carboxylic acids is 1. The minimum absolute atomic E-state index is 0.149. The van der Waals surface area contributed by atoms with E-state index in [2.05, 4.69) is 27.8 Å². The van der Waals surface area contributed by atoms with Crippen LogP contribution in [0.1, 0.15) is 23.4 Å². The van der Waals surface area contributed by atoms with Crippen LogP contribution in [0, 0.1) is 5.92 Å². The molecule has 5 nitrogen and oxygen atoms in total. The molecule has 2 aromatic rings. The van der Waals surface area contributed by atoms with E-state index in [9.17, 15) is 4.79 Å². The van der Waals surface area contributed by atoms with E-state index < -0.39 is 0 Å². The number of benzene rings is 1. The third-order valence-corrected chi connectivity index (χ3v) is 4.92. The Morgan fingerprint density at radius 3 is 2.79 bits per heavy atom. The van der Waals surface area contributed by atoms with Gasteiger partial charge in [0.15, 0.2) is 0 Å². The van der Waals surface area contributed by atoms with Crippen LogP contribution in [0.2, 0.25) is 0 Å². The first kappa shape index (κ1) is 16.9. The maximum atomic E-state index is 12.0. The summed E-state index contributed by atoms with van der Waals surface area (Å²) in [6, 6.07) is 8.06. The number of hydrogen-bond donors (Lipinski definition) is 2. The zero-order valence-corrected chi connectivity index (χ0v) is 14.5. The Hall–Kier alpha value is -1.92. The number of piperidine rings is 1. The van der Waals surface area contributed by atoms with Crippen molar-refractivity contribution >= 4 is 17.2 Å². The van der Waals surface area contributed by atoms with Gasteiger partial charge >= 0.3 is 0 Å². The van der Waals surface area contributed by atoms with Crippen molar-refractivity contribution in [2.75, 3.05) is 26.2 Å². The lowest BCUT2D eigenvalue weighted by Crippen LogP contribution is -2.39. The van der Waals surface area contributed by atoms with E-state index in [1.54, 1.807) is 11.3 Å². The van der Waals surface area contributed by atoms with Crippen LogP contribution in [0.4, 0.5) is 0 Å². The van der Waals surface area contributed by atoms with Gasteiger partial charge in [-0.1, -0.05) is 12.1 Å². The van der Waals surface area contributed by atoms with Crippen LogP contribution in [0.25, 0.3) is 0 Å². The highest BCUT2D eigenvalue weighted by Gasteiger charge is 2.20. The Balaban J connectivity index is 1.36. The minimum atomic E-state index is 0.149. The lowest BCUT2D eigenvalue weighted by Gasteiger charge is -2.21. The van der Waals surface area contributed by atoms with Crippen LogP contribution in [0.3, 0.4) is 0 Å². The van der Waals surface area contributed by atoms with Gasteiger partial charge in [-0.25, -0.2) is 4.98 Å². The molecule has 1 aromatic heterocycles. The standard InChI is InChI=1S/C18H23N3O2S/c22-18(15-5-7-19-8-6-15)21-9-11-23-16-3-1-14(2-4-16)13-17-20-10-12-24-17/h1-4,10,12,15,19H,5-9,11,13H2,(H,21,22). The Bertz CT molecular complexity index is 622. The molecule has 1 amide bonds. The maximum absolute atomic E-state index is 12.0. The topological polar surface area (TPSA) is 63.2 Å². The first-order valence-corrected chi connectivity index (χ1v) is 9.28. The molecular formula is C18H23N3O2S. The van der Waals surface area contributed by atoms with Gasteiger partial charge in [-0.05, 0) is 43.6 Å². The molecule has 0 saturated carbocycles. The molecule has 0 spiro atoms. The van der Waals surface area contributed by atoms with E-state index in [-0.39, 0.29) is 11.8 Å². The number of ether oxygens (including phenoxy) is 1. The molecule has 2 heterocycles. The van der Waals surface area contributed by atoms with Crippen LogP contribution in [-0.2, 0) is 11.2 Å². The summed E-state index contributed by atoms with van der Waals surface area (Å²) in [6.45, 7) is 2.90. The SMILES string of the molecule is O=C(NCCOc1ccc(Cc2nccs2)cc1)C1CCNCC1. The van der Waals surface area contributed by atoms with Crippen LogP contribution >= 0.6 is 11.3 Å². The van der Waals surface area contributed by atoms with E-state index in [1.807, 2.05) is 23.7 Å². The highest BCUT2D eigenvalue weighted by Crippen LogP contribution is 2.16. The summed E-state index contributed by atoms with van der Waals surface area (Å²) in [6.07, 6.45) is 4.53. The smallest absolute Gasteiger partial charge is 0.223 e. The number of aromatic nitrogens is 1. The highest BCUT2D eigenvalue weighted by molar-refractivity contribution is 7.09. The molecule has 0 bridgehead atoms. The van der Waals surface area contributed by atoms with Crippen LogP contribution < -0.4 is 15.4 Å². The van der Waals surface area contributed by atoms with E-state index in [0.717, 1.165) is 43.1 Å². The molecular weight excluding hydrogens is 322 g/mol. The molecule has 128 valence electrons. The van der Waals surface area contributed by atoms with Crippen molar-refractivity contribution in [2.24, 2.45) is 5.92 Å². The second-order valence-electron chi connectivity index (χ2n) is 5.91. The van der Waals surface area contributed by atoms with Crippen molar-refractivity contribution in [3.63, 3.8) is 0 Å². The summed E-state index contributed by atoms with van der Waals surface area (Å²) in [5.41, 5.74) is 1.22. The number of thiazole rings is 1. The molecule has 1 aromatic carbocycles. The third-order valence-electron chi connectivity index (χ3n) is 4.14. The fourth-order valence-corrected chi connectivity index (χ4v) is 3.44. The van der Waals surface area contributed by atoms with Crippen molar-refractivity contribution in [1.82, 2.24) is 15.6 Å². The van der Waals surface area contributed by atoms with E-state index in [4.69, 9.17) is 4.74 Å². The molecule has 1 aliphatic heterocycles. The second-order valence-corrected chi connectivity index (χ2v) is 6.89. The van der Waals surface area contributed by atoms with Gasteiger partial charge in [0, 0.05) is 23.9 Å². The Morgan fingerprint density at radius 2 is 2.08 bits per heavy atom. The molecule has 1 aliphatic rings. The Labute approximate surface area is 146 Å². The summed E-state index contributed by atoms with van der Waals surface area (Å²) in [7, 11) is 0. The fourth-order valence-electron chi connectivity index (χ4n) is 2.79. The number of nitrogens with one attached hydrogen (secondary N) is 2. The molecule has 6 heteroatoms. The average Bonchev–Trinajstić information content (AvgIpc) is 3.14. The summed E-state index contributed by atoms with van der Waals surface area (Å²) in [5.74, 6) is 1.13. The van der Waals surface area contributed by atoms with E-state index in [0.29, 0.717) is 13.2 Å². The maximum Gasteiger partial charge on any atom is 0.223 e. The summed E-state index contributed by atoms with van der Waals surface area (Å²) in [4.78, 5) is 16.3. The first-order valence-electron chi connectivity index (χ1n) is 8.40. The zero-order valence-electron chi connectivity index (χ0n) is 13.7. The van der Waals surface area contributed by atoms with Gasteiger partial charge in [-0.3, -0.25) is 4.79 Å². The van der Waals surface area contributed by atoms with Crippen molar-refractivity contribution in [1.29, 1.82) is 0 Å². The van der Waals surface area contributed by atoms with Crippen molar-refractivity contribution in [2.45, 2.75) is 19.3 Å². The number of carbonyl (C=O) groups is 1. The number of nitrogens with zero attached hydrogens (tertiary/aromatic N) is 1. The normalized spacial score (nSPS) is 15.2. The minimum Gasteiger partial charge on any atom is -0.492 e. The first-order chi connectivity index (χ1) is 11.8. The lowest BCUT2D eigenvalue weighted by molar-refractivity contribution is -0.125. The number of rotatable bonds is 7. The van der Waals surface area contributed by atoms with Gasteiger partial charge in [0.25, 0.3) is 0 Å². The zero-order chi connectivity index (χ0) is 16.6. The van der Waals surface area contributed by atoms with Crippen molar-refractivity contribution in [3.8, 4) is 5.75 Å². The predicted molar refractivity (Wildman–Crippen MR) is 95.5 cm³/mol. The van der Waals surface area contributed by atoms with E-state index in [1.165, 1.54) is 5.56 Å². The summed E-state index contributed by atoms with van der Waals surface area (Å²) < 4.78 is 5.69. The largest absolute Gasteiger partial charge is 0.492 e. The van der Waals surface area contributed by atoms with Crippen LogP contribution in [-0.4, -0.2) is 37.1 Å². The highest BCUT2D eigenvalue weighted by atomic mass is 32.1. The van der Waals surface area contributed by atoms with Gasteiger partial charge in [0.2, 0.25) is 5.91 Å². The second kappa shape index (κ2) is 8.80. The summed E-state index contributed by atoms with van der Waals surface area (Å²) >= 11 is 1.67. The van der Waals surface area contributed by atoms with Gasteiger partial charge < -0.3 is 15.4 Å². The molecule has 0 aliphatic carbocycles. The Kier molecular flexibility index (Phi) is 6.20. The molecule has 0 unspecified atom stereocenters. The quantitative estimate of drug-likeness (QED) is 0.756. The number of amides is 1.